The number of benzene rings is 1. The molecule has 1 aliphatic heterocycles. The van der Waals surface area contributed by atoms with Crippen LogP contribution in [0.25, 0.3) is 11.9 Å². The first-order valence-electron chi connectivity index (χ1n) is 8.64. The maximum absolute atomic E-state index is 12.7. The van der Waals surface area contributed by atoms with Crippen molar-refractivity contribution < 1.29 is 27.4 Å². The van der Waals surface area contributed by atoms with Crippen LogP contribution < -0.4 is 9.47 Å². The largest absolute Gasteiger partial charge is 0.454 e. The Kier molecular flexibility index (Phi) is 4.98. The van der Waals surface area contributed by atoms with E-state index in [0.29, 0.717) is 33.3 Å². The van der Waals surface area contributed by atoms with Gasteiger partial charge in [0, 0.05) is 6.20 Å². The fourth-order valence-electron chi connectivity index (χ4n) is 2.91. The Balaban J connectivity index is 1.56. The molecule has 30 heavy (non-hydrogen) atoms. The summed E-state index contributed by atoms with van der Waals surface area (Å²) < 4.78 is 49.9. The van der Waals surface area contributed by atoms with Crippen LogP contribution in [-0.2, 0) is 6.18 Å². The van der Waals surface area contributed by atoms with E-state index >= 15 is 0 Å². The van der Waals surface area contributed by atoms with Crippen LogP contribution in [0.1, 0.15) is 27.2 Å². The number of fused-ring (bicyclic) bond motifs is 1. The van der Waals surface area contributed by atoms with Gasteiger partial charge in [-0.3, -0.25) is 4.79 Å². The molecule has 0 saturated heterocycles. The Labute approximate surface area is 173 Å². The van der Waals surface area contributed by atoms with Gasteiger partial charge >= 0.3 is 6.18 Å². The zero-order valence-corrected chi connectivity index (χ0v) is 16.2. The summed E-state index contributed by atoms with van der Waals surface area (Å²) in [6, 6.07) is 5.44. The SMILES string of the molecule is Cc1c(C(=O)/C=C/c2cc(Cl)c3c(c2)OCO3)cnn1-c1ccc(C(F)(F)F)cn1. The van der Waals surface area contributed by atoms with E-state index in [2.05, 4.69) is 10.1 Å². The number of hydrogen-bond acceptors (Lipinski definition) is 5. The number of nitrogens with zero attached hydrogens (tertiary/aromatic N) is 3. The smallest absolute Gasteiger partial charge is 0.417 e. The number of ether oxygens (including phenoxy) is 2. The van der Waals surface area contributed by atoms with Crippen LogP contribution in [0.2, 0.25) is 5.02 Å². The molecule has 10 heteroatoms. The third kappa shape index (κ3) is 3.76. The molecule has 0 spiro atoms. The normalized spacial score (nSPS) is 13.2. The number of allylic oxidation sites excluding steroid dienone is 1. The number of halogens is 4. The summed E-state index contributed by atoms with van der Waals surface area (Å²) >= 11 is 6.13. The van der Waals surface area contributed by atoms with Crippen molar-refractivity contribution in [1.29, 1.82) is 0 Å². The van der Waals surface area contributed by atoms with Crippen LogP contribution in [-0.4, -0.2) is 27.3 Å². The van der Waals surface area contributed by atoms with Crippen molar-refractivity contribution in [3.05, 3.63) is 70.1 Å². The average Bonchev–Trinajstić information content (AvgIpc) is 3.32. The number of aromatic nitrogens is 3. The monoisotopic (exact) mass is 435 g/mol. The maximum Gasteiger partial charge on any atom is 0.417 e. The Hall–Kier alpha value is -3.33. The molecule has 0 fully saturated rings. The third-order valence-corrected chi connectivity index (χ3v) is 4.72. The zero-order chi connectivity index (χ0) is 21.5. The first-order chi connectivity index (χ1) is 14.2. The standard InChI is InChI=1S/C20H13ClF3N3O3/c1-11-14(9-26-27(11)18-5-3-13(8-25-18)20(22,23)24)16(28)4-2-12-6-15(21)19-17(7-12)29-10-30-19/h2-9H,10H2,1H3/b4-2+. The van der Waals surface area contributed by atoms with E-state index in [9.17, 15) is 18.0 Å². The predicted octanol–water partition coefficient (Wildman–Crippen LogP) is 4.87. The second kappa shape index (κ2) is 7.49. The summed E-state index contributed by atoms with van der Waals surface area (Å²) in [7, 11) is 0. The van der Waals surface area contributed by atoms with Crippen molar-refractivity contribution in [1.82, 2.24) is 14.8 Å². The van der Waals surface area contributed by atoms with Crippen LogP contribution >= 0.6 is 11.6 Å². The van der Waals surface area contributed by atoms with E-state index in [1.165, 1.54) is 23.0 Å². The van der Waals surface area contributed by atoms with Gasteiger partial charge in [-0.05, 0) is 42.8 Å². The van der Waals surface area contributed by atoms with Gasteiger partial charge in [0.2, 0.25) is 6.79 Å². The van der Waals surface area contributed by atoms with Crippen LogP contribution in [0.5, 0.6) is 11.5 Å². The lowest BCUT2D eigenvalue weighted by Gasteiger charge is -2.08. The molecule has 6 nitrogen and oxygen atoms in total. The molecule has 4 rings (SSSR count). The molecule has 0 aliphatic carbocycles. The molecule has 3 aromatic rings. The molecule has 154 valence electrons. The lowest BCUT2D eigenvalue weighted by molar-refractivity contribution is -0.137. The molecule has 2 aromatic heterocycles. The van der Waals surface area contributed by atoms with Gasteiger partial charge in [0.05, 0.1) is 28.0 Å². The molecule has 3 heterocycles. The highest BCUT2D eigenvalue weighted by molar-refractivity contribution is 6.32. The lowest BCUT2D eigenvalue weighted by atomic mass is 10.1. The quantitative estimate of drug-likeness (QED) is 0.432. The minimum Gasteiger partial charge on any atom is -0.454 e. The third-order valence-electron chi connectivity index (χ3n) is 4.44. The number of carbonyl (C=O) groups excluding carboxylic acids is 1. The second-order valence-electron chi connectivity index (χ2n) is 6.39. The van der Waals surface area contributed by atoms with E-state index in [1.54, 1.807) is 25.1 Å². The summed E-state index contributed by atoms with van der Waals surface area (Å²) in [4.78, 5) is 16.4. The highest BCUT2D eigenvalue weighted by atomic mass is 35.5. The molecule has 0 unspecified atom stereocenters. The fraction of sp³-hybridized carbons (Fsp3) is 0.150. The maximum atomic E-state index is 12.7. The Morgan fingerprint density at radius 1 is 1.23 bits per heavy atom. The van der Waals surface area contributed by atoms with Gasteiger partial charge in [0.15, 0.2) is 23.1 Å². The summed E-state index contributed by atoms with van der Waals surface area (Å²) in [5, 5.41) is 4.45. The van der Waals surface area contributed by atoms with E-state index in [4.69, 9.17) is 21.1 Å². The van der Waals surface area contributed by atoms with Gasteiger partial charge in [-0.1, -0.05) is 17.7 Å². The molecular weight excluding hydrogens is 423 g/mol. The molecule has 0 bridgehead atoms. The minimum absolute atomic E-state index is 0.0809. The summed E-state index contributed by atoms with van der Waals surface area (Å²) in [6.07, 6.45) is 0.509. The topological polar surface area (TPSA) is 66.2 Å². The van der Waals surface area contributed by atoms with Gasteiger partial charge in [-0.25, -0.2) is 9.67 Å². The first kappa shape index (κ1) is 20.0. The lowest BCUT2D eigenvalue weighted by Crippen LogP contribution is -2.08. The van der Waals surface area contributed by atoms with Crippen LogP contribution in [0.4, 0.5) is 13.2 Å². The molecular formula is C20H13ClF3N3O3. The van der Waals surface area contributed by atoms with Crippen LogP contribution in [0, 0.1) is 6.92 Å². The van der Waals surface area contributed by atoms with Gasteiger partial charge in [0.1, 0.15) is 0 Å². The van der Waals surface area contributed by atoms with Crippen molar-refractivity contribution in [2.24, 2.45) is 0 Å². The van der Waals surface area contributed by atoms with Crippen molar-refractivity contribution in [2.45, 2.75) is 13.1 Å². The van der Waals surface area contributed by atoms with Crippen molar-refractivity contribution >= 4 is 23.5 Å². The number of ketones is 1. The Morgan fingerprint density at radius 3 is 2.73 bits per heavy atom. The van der Waals surface area contributed by atoms with Crippen LogP contribution in [0.15, 0.2) is 42.7 Å². The highest BCUT2D eigenvalue weighted by Gasteiger charge is 2.30. The summed E-state index contributed by atoms with van der Waals surface area (Å²) in [5.74, 6) is 0.791. The second-order valence-corrected chi connectivity index (χ2v) is 6.80. The Bertz CT molecular complexity index is 1150. The van der Waals surface area contributed by atoms with Gasteiger partial charge in [-0.2, -0.15) is 18.3 Å². The minimum atomic E-state index is -4.48. The van der Waals surface area contributed by atoms with E-state index in [1.807, 2.05) is 0 Å². The van der Waals surface area contributed by atoms with Crippen LogP contribution in [0.3, 0.4) is 0 Å². The van der Waals surface area contributed by atoms with Crippen molar-refractivity contribution in [2.75, 3.05) is 6.79 Å². The number of alkyl halides is 3. The summed E-state index contributed by atoms with van der Waals surface area (Å²) in [6.45, 7) is 1.71. The predicted molar refractivity (Wildman–Crippen MR) is 102 cm³/mol. The molecule has 0 amide bonds. The van der Waals surface area contributed by atoms with Gasteiger partial charge < -0.3 is 9.47 Å². The molecule has 0 N–H and O–H groups in total. The molecule has 1 aliphatic rings. The fourth-order valence-corrected chi connectivity index (χ4v) is 3.18. The van der Waals surface area contributed by atoms with E-state index in [0.717, 1.165) is 12.3 Å². The van der Waals surface area contributed by atoms with Crippen molar-refractivity contribution in [3.63, 3.8) is 0 Å². The molecule has 0 atom stereocenters. The zero-order valence-electron chi connectivity index (χ0n) is 15.4. The first-order valence-corrected chi connectivity index (χ1v) is 9.01. The number of rotatable bonds is 4. The average molecular weight is 436 g/mol. The van der Waals surface area contributed by atoms with Crippen molar-refractivity contribution in [3.8, 4) is 17.3 Å². The van der Waals surface area contributed by atoms with E-state index < -0.39 is 11.7 Å². The van der Waals surface area contributed by atoms with Gasteiger partial charge in [-0.15, -0.1) is 0 Å². The van der Waals surface area contributed by atoms with E-state index in [-0.39, 0.29) is 18.4 Å². The summed E-state index contributed by atoms with van der Waals surface area (Å²) in [5.41, 5.74) is 0.519. The molecule has 0 saturated carbocycles. The number of carbonyl (C=O) groups is 1. The number of pyridine rings is 1. The molecule has 0 radical (unpaired) electrons. The van der Waals surface area contributed by atoms with Gasteiger partial charge in [0.25, 0.3) is 0 Å². The Morgan fingerprint density at radius 2 is 2.03 bits per heavy atom. The highest BCUT2D eigenvalue weighted by Crippen LogP contribution is 2.40. The number of hydrogen-bond donors (Lipinski definition) is 0. The molecule has 1 aromatic carbocycles.